The third-order valence-corrected chi connectivity index (χ3v) is 2.10. The highest BCUT2D eigenvalue weighted by Crippen LogP contribution is 2.26. The van der Waals surface area contributed by atoms with E-state index in [9.17, 15) is 0 Å². The topological polar surface area (TPSA) is 25.2 Å². The molecule has 12 heavy (non-hydrogen) atoms. The lowest BCUT2D eigenvalue weighted by atomic mass is 10.1. The van der Waals surface area contributed by atoms with Crippen molar-refractivity contribution in [3.63, 3.8) is 0 Å². The average molecular weight is 161 g/mol. The minimum atomic E-state index is 0.942. The molecule has 0 aliphatic rings. The van der Waals surface area contributed by atoms with Gasteiger partial charge in [-0.1, -0.05) is 6.07 Å². The lowest BCUT2D eigenvalue weighted by Crippen LogP contribution is -1.88. The van der Waals surface area contributed by atoms with E-state index in [1.807, 2.05) is 19.2 Å². The first-order valence-corrected chi connectivity index (χ1v) is 3.97. The molecule has 0 radical (unpaired) electrons. The van der Waals surface area contributed by atoms with Gasteiger partial charge in [-0.05, 0) is 24.6 Å². The molecule has 1 N–H and O–H groups in total. The normalized spacial score (nSPS) is 10.5. The molecule has 1 heterocycles. The summed E-state index contributed by atoms with van der Waals surface area (Å²) in [5, 5.41) is 4.27. The van der Waals surface area contributed by atoms with Gasteiger partial charge in [0.25, 0.3) is 0 Å². The van der Waals surface area contributed by atoms with E-state index >= 15 is 0 Å². The Bertz CT molecular complexity index is 403. The number of anilines is 1. The van der Waals surface area contributed by atoms with Gasteiger partial charge < -0.3 is 9.73 Å². The highest BCUT2D eigenvalue weighted by molar-refractivity contribution is 5.91. The molecule has 1 aromatic heterocycles. The molecule has 0 unspecified atom stereocenters. The first-order valence-electron chi connectivity index (χ1n) is 3.97. The number of aryl methyl sites for hydroxylation is 1. The van der Waals surface area contributed by atoms with Crippen LogP contribution in [0.25, 0.3) is 11.0 Å². The molecule has 0 atom stereocenters. The largest absolute Gasteiger partial charge is 0.462 e. The highest BCUT2D eigenvalue weighted by Gasteiger charge is 2.03. The predicted octanol–water partition coefficient (Wildman–Crippen LogP) is 2.78. The van der Waals surface area contributed by atoms with Crippen LogP contribution in [0.1, 0.15) is 5.56 Å². The molecule has 2 heteroatoms. The second-order valence-corrected chi connectivity index (χ2v) is 2.84. The van der Waals surface area contributed by atoms with E-state index in [2.05, 4.69) is 18.3 Å². The van der Waals surface area contributed by atoms with E-state index in [1.54, 1.807) is 6.26 Å². The third kappa shape index (κ3) is 0.881. The van der Waals surface area contributed by atoms with Gasteiger partial charge in [-0.15, -0.1) is 0 Å². The summed E-state index contributed by atoms with van der Waals surface area (Å²) in [6.07, 6.45) is 1.72. The van der Waals surface area contributed by atoms with Crippen molar-refractivity contribution in [1.29, 1.82) is 0 Å². The van der Waals surface area contributed by atoms with Crippen molar-refractivity contribution in [3.05, 3.63) is 30.0 Å². The summed E-state index contributed by atoms with van der Waals surface area (Å²) < 4.78 is 5.36. The van der Waals surface area contributed by atoms with Crippen LogP contribution in [0.5, 0.6) is 0 Å². The summed E-state index contributed by atoms with van der Waals surface area (Å²) in [6.45, 7) is 2.08. The fourth-order valence-corrected chi connectivity index (χ4v) is 1.40. The molecule has 0 saturated carbocycles. The zero-order chi connectivity index (χ0) is 8.55. The molecule has 0 bridgehead atoms. The monoisotopic (exact) mass is 161 g/mol. The van der Waals surface area contributed by atoms with Crippen LogP contribution in [0.15, 0.2) is 28.9 Å². The fourth-order valence-electron chi connectivity index (χ4n) is 1.40. The van der Waals surface area contributed by atoms with Gasteiger partial charge in [0.1, 0.15) is 0 Å². The molecule has 0 aliphatic carbocycles. The van der Waals surface area contributed by atoms with E-state index in [-0.39, 0.29) is 0 Å². The van der Waals surface area contributed by atoms with Gasteiger partial charge in [0, 0.05) is 12.4 Å². The van der Waals surface area contributed by atoms with Gasteiger partial charge in [-0.2, -0.15) is 0 Å². The van der Waals surface area contributed by atoms with Gasteiger partial charge >= 0.3 is 0 Å². The lowest BCUT2D eigenvalue weighted by molar-refractivity contribution is 0.617. The van der Waals surface area contributed by atoms with Crippen LogP contribution in [-0.4, -0.2) is 7.05 Å². The first-order chi connectivity index (χ1) is 5.83. The molecule has 0 aliphatic heterocycles. The van der Waals surface area contributed by atoms with E-state index < -0.39 is 0 Å². The number of benzene rings is 1. The SMILES string of the molecule is CNc1ccc(C)c2ccoc12. The van der Waals surface area contributed by atoms with Crippen molar-refractivity contribution < 1.29 is 4.42 Å². The van der Waals surface area contributed by atoms with Crippen LogP contribution in [0.4, 0.5) is 5.69 Å². The number of nitrogens with one attached hydrogen (secondary N) is 1. The summed E-state index contributed by atoms with van der Waals surface area (Å²) in [5.41, 5.74) is 3.23. The Kier molecular flexibility index (Phi) is 1.54. The molecule has 0 amide bonds. The van der Waals surface area contributed by atoms with Crippen molar-refractivity contribution in [2.45, 2.75) is 6.92 Å². The summed E-state index contributed by atoms with van der Waals surface area (Å²) in [6, 6.07) is 6.11. The molecule has 62 valence electrons. The van der Waals surface area contributed by atoms with Crippen LogP contribution in [-0.2, 0) is 0 Å². The van der Waals surface area contributed by atoms with Crippen molar-refractivity contribution in [2.75, 3.05) is 12.4 Å². The Balaban J connectivity index is 2.82. The summed E-state index contributed by atoms with van der Waals surface area (Å²) in [7, 11) is 1.90. The van der Waals surface area contributed by atoms with Crippen molar-refractivity contribution in [2.24, 2.45) is 0 Å². The third-order valence-electron chi connectivity index (χ3n) is 2.10. The van der Waals surface area contributed by atoms with Crippen LogP contribution in [0.2, 0.25) is 0 Å². The first kappa shape index (κ1) is 7.22. The van der Waals surface area contributed by atoms with Crippen LogP contribution in [0, 0.1) is 6.92 Å². The molecule has 1 aromatic carbocycles. The maximum atomic E-state index is 5.36. The van der Waals surface area contributed by atoms with Crippen LogP contribution >= 0.6 is 0 Å². The van der Waals surface area contributed by atoms with Gasteiger partial charge in [0.05, 0.1) is 12.0 Å². The van der Waals surface area contributed by atoms with E-state index in [0.717, 1.165) is 11.3 Å². The van der Waals surface area contributed by atoms with Gasteiger partial charge in [0.2, 0.25) is 0 Å². The van der Waals surface area contributed by atoms with E-state index in [0.29, 0.717) is 0 Å². The smallest absolute Gasteiger partial charge is 0.157 e. The number of furan rings is 1. The molecular weight excluding hydrogens is 150 g/mol. The van der Waals surface area contributed by atoms with Crippen LogP contribution < -0.4 is 5.32 Å². The van der Waals surface area contributed by atoms with Gasteiger partial charge in [-0.3, -0.25) is 0 Å². The van der Waals surface area contributed by atoms with Crippen molar-refractivity contribution in [1.82, 2.24) is 0 Å². The van der Waals surface area contributed by atoms with Crippen LogP contribution in [0.3, 0.4) is 0 Å². The quantitative estimate of drug-likeness (QED) is 0.695. The zero-order valence-electron chi connectivity index (χ0n) is 7.22. The Hall–Kier alpha value is -1.44. The Labute approximate surface area is 71.2 Å². The molecule has 2 nitrogen and oxygen atoms in total. The molecule has 2 rings (SSSR count). The van der Waals surface area contributed by atoms with Gasteiger partial charge in [0.15, 0.2) is 5.58 Å². The maximum absolute atomic E-state index is 5.36. The Morgan fingerprint density at radius 2 is 2.08 bits per heavy atom. The number of hydrogen-bond donors (Lipinski definition) is 1. The number of fused-ring (bicyclic) bond motifs is 1. The van der Waals surface area contributed by atoms with Crippen molar-refractivity contribution in [3.8, 4) is 0 Å². The number of rotatable bonds is 1. The predicted molar refractivity (Wildman–Crippen MR) is 50.5 cm³/mol. The fraction of sp³-hybridized carbons (Fsp3) is 0.200. The maximum Gasteiger partial charge on any atom is 0.157 e. The number of hydrogen-bond acceptors (Lipinski definition) is 2. The van der Waals surface area contributed by atoms with Crippen molar-refractivity contribution >= 4 is 16.7 Å². The molecular formula is C10H11NO. The average Bonchev–Trinajstić information content (AvgIpc) is 2.54. The summed E-state index contributed by atoms with van der Waals surface area (Å²) >= 11 is 0. The summed E-state index contributed by atoms with van der Waals surface area (Å²) in [4.78, 5) is 0. The minimum Gasteiger partial charge on any atom is -0.462 e. The summed E-state index contributed by atoms with van der Waals surface area (Å²) in [5.74, 6) is 0. The second-order valence-electron chi connectivity index (χ2n) is 2.84. The standard InChI is InChI=1S/C10H11NO/c1-7-3-4-9(11-2)10-8(7)5-6-12-10/h3-6,11H,1-2H3. The Morgan fingerprint density at radius 3 is 2.83 bits per heavy atom. The molecule has 2 aromatic rings. The second kappa shape index (κ2) is 2.55. The molecule has 0 saturated heterocycles. The lowest BCUT2D eigenvalue weighted by Gasteiger charge is -2.01. The minimum absolute atomic E-state index is 0.942. The van der Waals surface area contributed by atoms with E-state index in [1.165, 1.54) is 10.9 Å². The molecule has 0 spiro atoms. The van der Waals surface area contributed by atoms with Gasteiger partial charge in [-0.25, -0.2) is 0 Å². The highest BCUT2D eigenvalue weighted by atomic mass is 16.3. The zero-order valence-corrected chi connectivity index (χ0v) is 7.22. The van der Waals surface area contributed by atoms with E-state index in [4.69, 9.17) is 4.42 Å². The molecule has 0 fully saturated rings. The Morgan fingerprint density at radius 1 is 1.25 bits per heavy atom.